The third-order valence-corrected chi connectivity index (χ3v) is 5.48. The lowest BCUT2D eigenvalue weighted by Gasteiger charge is -2.15. The van der Waals surface area contributed by atoms with Gasteiger partial charge in [0.15, 0.2) is 0 Å². The maximum Gasteiger partial charge on any atom is 0.316 e. The lowest BCUT2D eigenvalue weighted by atomic mass is 10.1. The number of primary amides is 1. The van der Waals surface area contributed by atoms with Crippen LogP contribution < -0.4 is 16.4 Å². The number of rotatable bonds is 6. The molecule has 2 aromatic rings. The number of hydrogen-bond acceptors (Lipinski definition) is 4. The second-order valence-electron chi connectivity index (χ2n) is 5.65. The van der Waals surface area contributed by atoms with Gasteiger partial charge in [0.25, 0.3) is 5.91 Å². The van der Waals surface area contributed by atoms with Crippen molar-refractivity contribution in [3.63, 3.8) is 0 Å². The first-order valence-corrected chi connectivity index (χ1v) is 9.11. The van der Waals surface area contributed by atoms with Gasteiger partial charge in [0.2, 0.25) is 10.0 Å². The van der Waals surface area contributed by atoms with E-state index in [1.165, 1.54) is 26.2 Å². The lowest BCUT2D eigenvalue weighted by Crippen LogP contribution is -2.27. The molecule has 0 aliphatic rings. The smallest absolute Gasteiger partial charge is 0.316 e. The Morgan fingerprint density at radius 3 is 2.42 bits per heavy atom. The van der Waals surface area contributed by atoms with Gasteiger partial charge in [0.1, 0.15) is 0 Å². The molecule has 0 bridgehead atoms. The minimum absolute atomic E-state index is 0.0373. The Bertz CT molecular complexity index is 926. The molecule has 0 saturated carbocycles. The molecule has 0 radical (unpaired) electrons. The Balaban J connectivity index is 2.17. The fourth-order valence-corrected chi connectivity index (χ4v) is 3.37. The molecule has 0 aliphatic carbocycles. The minimum Gasteiger partial charge on any atom is -0.351 e. The van der Waals surface area contributed by atoms with Crippen LogP contribution in [-0.4, -0.2) is 38.8 Å². The lowest BCUT2D eigenvalue weighted by molar-refractivity contribution is 0.0950. The number of carbonyl (C=O) groups excluding carboxylic acids is 2. The van der Waals surface area contributed by atoms with Crippen molar-refractivity contribution in [3.8, 4) is 0 Å². The SMILES string of the molecule is CN(C)S(=O)(=O)c1ccccc1CNC(=O)c1cccc(NC(N)=O)c1. The molecule has 9 heteroatoms. The van der Waals surface area contributed by atoms with Crippen molar-refractivity contribution >= 4 is 27.6 Å². The van der Waals surface area contributed by atoms with Crippen LogP contribution in [0.1, 0.15) is 15.9 Å². The highest BCUT2D eigenvalue weighted by Crippen LogP contribution is 2.18. The highest BCUT2D eigenvalue weighted by molar-refractivity contribution is 7.89. The highest BCUT2D eigenvalue weighted by Gasteiger charge is 2.20. The topological polar surface area (TPSA) is 122 Å². The number of urea groups is 1. The fraction of sp³-hybridized carbons (Fsp3) is 0.176. The Hall–Kier alpha value is -2.91. The van der Waals surface area contributed by atoms with Gasteiger partial charge in [0, 0.05) is 31.9 Å². The van der Waals surface area contributed by atoms with E-state index in [0.29, 0.717) is 16.8 Å². The summed E-state index contributed by atoms with van der Waals surface area (Å²) in [4.78, 5) is 23.4. The van der Waals surface area contributed by atoms with Gasteiger partial charge in [-0.05, 0) is 29.8 Å². The average Bonchev–Trinajstić information content (AvgIpc) is 2.59. The monoisotopic (exact) mass is 376 g/mol. The summed E-state index contributed by atoms with van der Waals surface area (Å²) in [5.74, 6) is -0.407. The standard InChI is InChI=1S/C17H20N4O4S/c1-21(2)26(24,25)15-9-4-3-6-13(15)11-19-16(22)12-7-5-8-14(10-12)20-17(18)23/h3-10H,11H2,1-2H3,(H,19,22)(H3,18,20,23). The van der Waals surface area contributed by atoms with Crippen LogP contribution in [0.5, 0.6) is 0 Å². The zero-order valence-electron chi connectivity index (χ0n) is 14.4. The Morgan fingerprint density at radius 2 is 1.77 bits per heavy atom. The molecular formula is C17H20N4O4S. The van der Waals surface area contributed by atoms with Crippen LogP contribution in [-0.2, 0) is 16.6 Å². The van der Waals surface area contributed by atoms with Gasteiger partial charge in [-0.1, -0.05) is 24.3 Å². The number of benzene rings is 2. The van der Waals surface area contributed by atoms with E-state index in [1.54, 1.807) is 36.4 Å². The van der Waals surface area contributed by atoms with Crippen LogP contribution in [0.25, 0.3) is 0 Å². The first kappa shape index (κ1) is 19.4. The molecule has 0 unspecified atom stereocenters. The molecule has 8 nitrogen and oxygen atoms in total. The molecule has 26 heavy (non-hydrogen) atoms. The minimum atomic E-state index is -3.62. The van der Waals surface area contributed by atoms with Gasteiger partial charge >= 0.3 is 6.03 Å². The fourth-order valence-electron chi connectivity index (χ4n) is 2.26. The molecule has 0 aromatic heterocycles. The van der Waals surface area contributed by atoms with Crippen LogP contribution >= 0.6 is 0 Å². The van der Waals surface area contributed by atoms with Gasteiger partial charge < -0.3 is 16.4 Å². The largest absolute Gasteiger partial charge is 0.351 e. The maximum atomic E-state index is 12.4. The summed E-state index contributed by atoms with van der Waals surface area (Å²) in [7, 11) is -0.727. The zero-order chi connectivity index (χ0) is 19.3. The van der Waals surface area contributed by atoms with Crippen LogP contribution in [0.3, 0.4) is 0 Å². The van der Waals surface area contributed by atoms with Crippen molar-refractivity contribution in [3.05, 3.63) is 59.7 Å². The summed E-state index contributed by atoms with van der Waals surface area (Å²) in [6, 6.07) is 12.0. The van der Waals surface area contributed by atoms with Crippen molar-refractivity contribution in [2.75, 3.05) is 19.4 Å². The average molecular weight is 376 g/mol. The van der Waals surface area contributed by atoms with Crippen molar-refractivity contribution in [2.24, 2.45) is 5.73 Å². The first-order valence-electron chi connectivity index (χ1n) is 7.67. The molecule has 0 heterocycles. The summed E-state index contributed by atoms with van der Waals surface area (Å²) in [6.45, 7) is 0.0373. The summed E-state index contributed by atoms with van der Waals surface area (Å²) in [6.07, 6.45) is 0. The van der Waals surface area contributed by atoms with E-state index in [0.717, 1.165) is 4.31 Å². The second kappa shape index (κ2) is 7.98. The summed E-state index contributed by atoms with van der Waals surface area (Å²) in [5, 5.41) is 5.07. The normalized spacial score (nSPS) is 11.2. The van der Waals surface area contributed by atoms with Gasteiger partial charge in [-0.25, -0.2) is 17.5 Å². The van der Waals surface area contributed by atoms with E-state index in [2.05, 4.69) is 10.6 Å². The van der Waals surface area contributed by atoms with Crippen molar-refractivity contribution in [1.29, 1.82) is 0 Å². The van der Waals surface area contributed by atoms with E-state index in [-0.39, 0.29) is 11.4 Å². The number of hydrogen-bond donors (Lipinski definition) is 3. The van der Waals surface area contributed by atoms with E-state index in [4.69, 9.17) is 5.73 Å². The molecule has 3 amide bonds. The van der Waals surface area contributed by atoms with Gasteiger partial charge in [-0.2, -0.15) is 0 Å². The second-order valence-corrected chi connectivity index (χ2v) is 7.77. The van der Waals surface area contributed by atoms with Crippen molar-refractivity contribution < 1.29 is 18.0 Å². The van der Waals surface area contributed by atoms with Gasteiger partial charge in [-0.3, -0.25) is 4.79 Å². The molecular weight excluding hydrogens is 356 g/mol. The van der Waals surface area contributed by atoms with Crippen LogP contribution in [0.2, 0.25) is 0 Å². The summed E-state index contributed by atoms with van der Waals surface area (Å²) in [5.41, 5.74) is 6.23. The van der Waals surface area contributed by atoms with Gasteiger partial charge in [-0.15, -0.1) is 0 Å². The number of nitrogens with zero attached hydrogens (tertiary/aromatic N) is 1. The predicted molar refractivity (Wildman–Crippen MR) is 98.1 cm³/mol. The quantitative estimate of drug-likeness (QED) is 0.704. The number of anilines is 1. The number of nitrogens with two attached hydrogens (primary N) is 1. The van der Waals surface area contributed by atoms with E-state index in [9.17, 15) is 18.0 Å². The molecule has 0 fully saturated rings. The molecule has 0 spiro atoms. The molecule has 2 rings (SSSR count). The molecule has 0 atom stereocenters. The van der Waals surface area contributed by atoms with Crippen LogP contribution in [0, 0.1) is 0 Å². The number of amides is 3. The molecule has 2 aromatic carbocycles. The summed E-state index contributed by atoms with van der Waals surface area (Å²) < 4.78 is 25.9. The third kappa shape index (κ3) is 4.58. The number of sulfonamides is 1. The van der Waals surface area contributed by atoms with Gasteiger partial charge in [0.05, 0.1) is 4.90 Å². The first-order chi connectivity index (χ1) is 12.2. The molecule has 4 N–H and O–H groups in total. The summed E-state index contributed by atoms with van der Waals surface area (Å²) >= 11 is 0. The Labute approximate surface area is 152 Å². The van der Waals surface area contributed by atoms with E-state index < -0.39 is 22.0 Å². The molecule has 0 saturated heterocycles. The van der Waals surface area contributed by atoms with E-state index in [1.807, 2.05) is 0 Å². The maximum absolute atomic E-state index is 12.4. The highest BCUT2D eigenvalue weighted by atomic mass is 32.2. The third-order valence-electron chi connectivity index (χ3n) is 3.56. The Morgan fingerprint density at radius 1 is 1.08 bits per heavy atom. The van der Waals surface area contributed by atoms with E-state index >= 15 is 0 Å². The van der Waals surface area contributed by atoms with Crippen molar-refractivity contribution in [1.82, 2.24) is 9.62 Å². The predicted octanol–water partition coefficient (Wildman–Crippen LogP) is 1.36. The Kier molecular flexibility index (Phi) is 5.96. The number of nitrogens with one attached hydrogen (secondary N) is 2. The van der Waals surface area contributed by atoms with Crippen LogP contribution in [0.4, 0.5) is 10.5 Å². The van der Waals surface area contributed by atoms with Crippen molar-refractivity contribution in [2.45, 2.75) is 11.4 Å². The number of carbonyl (C=O) groups is 2. The molecule has 0 aliphatic heterocycles. The zero-order valence-corrected chi connectivity index (χ0v) is 15.2. The molecule has 138 valence electrons. The van der Waals surface area contributed by atoms with Crippen LogP contribution in [0.15, 0.2) is 53.4 Å².